The number of hydrogen-bond donors (Lipinski definition) is 3. The molecule has 3 fully saturated rings. The van der Waals surface area contributed by atoms with Crippen molar-refractivity contribution in [3.63, 3.8) is 0 Å². The quantitative estimate of drug-likeness (QED) is 0.651. The van der Waals surface area contributed by atoms with E-state index in [2.05, 4.69) is 19.9 Å². The highest BCUT2D eigenvalue weighted by atomic mass is 16.3. The molecule has 0 aromatic carbocycles. The fourth-order valence-corrected chi connectivity index (χ4v) is 7.09. The second kappa shape index (κ2) is 5.31. The molecular formula is C20H32O3. The predicted molar refractivity (Wildman–Crippen MR) is 89.7 cm³/mol. The smallest absolute Gasteiger partial charge is 0.0600 e. The summed E-state index contributed by atoms with van der Waals surface area (Å²) < 4.78 is 0. The Morgan fingerprint density at radius 3 is 2.70 bits per heavy atom. The molecule has 3 N–H and O–H groups in total. The Balaban J connectivity index is 1.70. The molecule has 0 bridgehead atoms. The molecule has 4 rings (SSSR count). The van der Waals surface area contributed by atoms with E-state index in [1.165, 1.54) is 12.0 Å². The van der Waals surface area contributed by atoms with Gasteiger partial charge in [0.25, 0.3) is 0 Å². The van der Waals surface area contributed by atoms with E-state index in [4.69, 9.17) is 0 Å². The summed E-state index contributed by atoms with van der Waals surface area (Å²) in [5.74, 6) is 1.96. The Morgan fingerprint density at radius 2 is 1.96 bits per heavy atom. The average molecular weight is 320 g/mol. The summed E-state index contributed by atoms with van der Waals surface area (Å²) in [5.41, 5.74) is 1.71. The van der Waals surface area contributed by atoms with Crippen LogP contribution in [0.1, 0.15) is 58.8 Å². The summed E-state index contributed by atoms with van der Waals surface area (Å²) in [7, 11) is 0. The van der Waals surface area contributed by atoms with Gasteiger partial charge < -0.3 is 15.3 Å². The van der Waals surface area contributed by atoms with Crippen molar-refractivity contribution in [1.29, 1.82) is 0 Å². The van der Waals surface area contributed by atoms with E-state index in [1.54, 1.807) is 0 Å². The largest absolute Gasteiger partial charge is 0.396 e. The van der Waals surface area contributed by atoms with E-state index < -0.39 is 0 Å². The van der Waals surface area contributed by atoms with Crippen molar-refractivity contribution >= 4 is 0 Å². The lowest BCUT2D eigenvalue weighted by molar-refractivity contribution is -0.0822. The summed E-state index contributed by atoms with van der Waals surface area (Å²) in [6.45, 7) is 4.90. The number of rotatable bonds is 1. The van der Waals surface area contributed by atoms with Crippen molar-refractivity contribution in [2.45, 2.75) is 71.0 Å². The van der Waals surface area contributed by atoms with E-state index >= 15 is 0 Å². The minimum absolute atomic E-state index is 0.00948. The minimum atomic E-state index is -0.253. The van der Waals surface area contributed by atoms with Gasteiger partial charge in [-0.05, 0) is 79.4 Å². The van der Waals surface area contributed by atoms with Crippen LogP contribution in [0.15, 0.2) is 11.6 Å². The predicted octanol–water partition coefficient (Wildman–Crippen LogP) is 2.89. The van der Waals surface area contributed by atoms with Crippen LogP contribution in [0.25, 0.3) is 0 Å². The molecular weight excluding hydrogens is 288 g/mol. The Bertz CT molecular complexity index is 515. The summed E-state index contributed by atoms with van der Waals surface area (Å²) in [5, 5.41) is 30.6. The zero-order valence-electron chi connectivity index (χ0n) is 14.5. The minimum Gasteiger partial charge on any atom is -0.396 e. The van der Waals surface area contributed by atoms with E-state index in [-0.39, 0.29) is 35.6 Å². The lowest BCUT2D eigenvalue weighted by Crippen LogP contribution is -2.52. The first kappa shape index (κ1) is 16.1. The molecule has 0 radical (unpaired) electrons. The molecule has 0 aliphatic heterocycles. The standard InChI is InChI=1S/C20H32O3/c1-19-7-5-14(22)10-13(19)3-4-15-16(19)6-8-20(2)17(23)9-12(11-21)18(15)20/h3,12,14-18,21-23H,4-11H2,1-2H3/t12?,14?,15-,16-,17?,18+,19+,20-/m1/s1. The summed E-state index contributed by atoms with van der Waals surface area (Å²) in [6.07, 6.45) is 9.00. The third kappa shape index (κ3) is 2.12. The summed E-state index contributed by atoms with van der Waals surface area (Å²) in [4.78, 5) is 0. The number of aliphatic hydroxyl groups is 3. The van der Waals surface area contributed by atoms with Gasteiger partial charge in [0.05, 0.1) is 12.2 Å². The lowest BCUT2D eigenvalue weighted by atomic mass is 9.47. The van der Waals surface area contributed by atoms with Crippen LogP contribution in [0.5, 0.6) is 0 Å². The van der Waals surface area contributed by atoms with E-state index in [1.807, 2.05) is 0 Å². The van der Waals surface area contributed by atoms with Gasteiger partial charge in [-0.25, -0.2) is 0 Å². The summed E-state index contributed by atoms with van der Waals surface area (Å²) in [6, 6.07) is 0. The van der Waals surface area contributed by atoms with Gasteiger partial charge >= 0.3 is 0 Å². The van der Waals surface area contributed by atoms with E-state index in [0.29, 0.717) is 17.8 Å². The zero-order chi connectivity index (χ0) is 16.4. The van der Waals surface area contributed by atoms with E-state index in [9.17, 15) is 15.3 Å². The van der Waals surface area contributed by atoms with Crippen LogP contribution in [0.3, 0.4) is 0 Å². The number of fused-ring (bicyclic) bond motifs is 5. The van der Waals surface area contributed by atoms with Crippen LogP contribution < -0.4 is 0 Å². The first-order valence-corrected chi connectivity index (χ1v) is 9.56. The van der Waals surface area contributed by atoms with Crippen molar-refractivity contribution in [2.24, 2.45) is 34.5 Å². The normalized spacial score (nSPS) is 55.6. The molecule has 4 aliphatic carbocycles. The molecule has 0 aromatic rings. The Morgan fingerprint density at radius 1 is 1.17 bits per heavy atom. The maximum atomic E-state index is 10.6. The molecule has 4 aliphatic rings. The van der Waals surface area contributed by atoms with Gasteiger partial charge in [0.1, 0.15) is 0 Å². The van der Waals surface area contributed by atoms with Crippen LogP contribution in [0.2, 0.25) is 0 Å². The van der Waals surface area contributed by atoms with Gasteiger partial charge in [-0.1, -0.05) is 25.5 Å². The monoisotopic (exact) mass is 320 g/mol. The van der Waals surface area contributed by atoms with Crippen LogP contribution in [-0.4, -0.2) is 34.1 Å². The highest BCUT2D eigenvalue weighted by Crippen LogP contribution is 2.65. The van der Waals surface area contributed by atoms with Gasteiger partial charge in [-0.2, -0.15) is 0 Å². The average Bonchev–Trinajstić information content (AvgIpc) is 2.79. The molecule has 0 heterocycles. The molecule has 0 saturated heterocycles. The van der Waals surface area contributed by atoms with Gasteiger partial charge in [-0.3, -0.25) is 0 Å². The van der Waals surface area contributed by atoms with Gasteiger partial charge in [0.2, 0.25) is 0 Å². The van der Waals surface area contributed by atoms with Crippen molar-refractivity contribution in [2.75, 3.05) is 6.61 Å². The molecule has 0 spiro atoms. The lowest BCUT2D eigenvalue weighted by Gasteiger charge is -2.58. The Hall–Kier alpha value is -0.380. The van der Waals surface area contributed by atoms with Crippen LogP contribution in [0, 0.1) is 34.5 Å². The molecule has 23 heavy (non-hydrogen) atoms. The van der Waals surface area contributed by atoms with Crippen molar-refractivity contribution in [3.8, 4) is 0 Å². The second-order valence-corrected chi connectivity index (χ2v) is 9.31. The van der Waals surface area contributed by atoms with Gasteiger partial charge in [0, 0.05) is 6.61 Å². The SMILES string of the molecule is C[C@]12CCC(O)CC1=CC[C@@H]1[C@H]2CC[C@]2(C)C(O)CC(CO)[C@@H]12. The zero-order valence-corrected chi connectivity index (χ0v) is 14.5. The number of hydrogen-bond acceptors (Lipinski definition) is 3. The molecule has 0 aromatic heterocycles. The number of aliphatic hydroxyl groups excluding tert-OH is 3. The highest BCUT2D eigenvalue weighted by Gasteiger charge is 2.61. The Kier molecular flexibility index (Phi) is 3.72. The molecule has 3 unspecified atom stereocenters. The summed E-state index contributed by atoms with van der Waals surface area (Å²) >= 11 is 0. The van der Waals surface area contributed by atoms with Crippen LogP contribution >= 0.6 is 0 Å². The van der Waals surface area contributed by atoms with Crippen LogP contribution in [0.4, 0.5) is 0 Å². The molecule has 3 saturated carbocycles. The molecule has 3 heteroatoms. The Labute approximate surface area is 139 Å². The van der Waals surface area contributed by atoms with Gasteiger partial charge in [0.15, 0.2) is 0 Å². The van der Waals surface area contributed by atoms with Crippen molar-refractivity contribution in [3.05, 3.63) is 11.6 Å². The molecule has 130 valence electrons. The highest BCUT2D eigenvalue weighted by molar-refractivity contribution is 5.25. The van der Waals surface area contributed by atoms with Crippen molar-refractivity contribution in [1.82, 2.24) is 0 Å². The van der Waals surface area contributed by atoms with E-state index in [0.717, 1.165) is 38.5 Å². The third-order valence-corrected chi connectivity index (χ3v) is 8.40. The maximum absolute atomic E-state index is 10.6. The first-order chi connectivity index (χ1) is 10.9. The van der Waals surface area contributed by atoms with Crippen molar-refractivity contribution < 1.29 is 15.3 Å². The fourth-order valence-electron chi connectivity index (χ4n) is 7.09. The fraction of sp³-hybridized carbons (Fsp3) is 0.900. The first-order valence-electron chi connectivity index (χ1n) is 9.56. The third-order valence-electron chi connectivity index (χ3n) is 8.40. The molecule has 0 amide bonds. The number of allylic oxidation sites excluding steroid dienone is 1. The molecule has 3 nitrogen and oxygen atoms in total. The second-order valence-electron chi connectivity index (χ2n) is 9.31. The van der Waals surface area contributed by atoms with Crippen LogP contribution in [-0.2, 0) is 0 Å². The van der Waals surface area contributed by atoms with Gasteiger partial charge in [-0.15, -0.1) is 0 Å². The molecule has 8 atom stereocenters. The topological polar surface area (TPSA) is 60.7 Å². The maximum Gasteiger partial charge on any atom is 0.0600 e.